The highest BCUT2D eigenvalue weighted by atomic mass is 35.5. The largest absolute Gasteiger partial charge is 0.338 e. The lowest BCUT2D eigenvalue weighted by molar-refractivity contribution is 0.0603. The molecule has 0 unspecified atom stereocenters. The van der Waals surface area contributed by atoms with E-state index in [2.05, 4.69) is 5.32 Å². The second-order valence-corrected chi connectivity index (χ2v) is 6.22. The third-order valence-corrected chi connectivity index (χ3v) is 4.94. The van der Waals surface area contributed by atoms with E-state index >= 15 is 0 Å². The van der Waals surface area contributed by atoms with Crippen molar-refractivity contribution in [2.45, 2.75) is 19.3 Å². The van der Waals surface area contributed by atoms with Crippen LogP contribution in [0.25, 0.3) is 0 Å². The number of likely N-dealkylation sites (tertiary alicyclic amines) is 1. The minimum Gasteiger partial charge on any atom is -0.338 e. The zero-order valence-electron chi connectivity index (χ0n) is 11.3. The van der Waals surface area contributed by atoms with Crippen molar-refractivity contribution in [3.05, 3.63) is 34.6 Å². The summed E-state index contributed by atoms with van der Waals surface area (Å²) in [5.74, 6) is -0.820. The summed E-state index contributed by atoms with van der Waals surface area (Å²) in [6.07, 6.45) is 3.14. The first-order valence-corrected chi connectivity index (χ1v) is 7.43. The third kappa shape index (κ3) is 2.42. The summed E-state index contributed by atoms with van der Waals surface area (Å²) in [6, 6.07) is 4.36. The van der Waals surface area contributed by atoms with Gasteiger partial charge in [0.05, 0.1) is 10.6 Å². The van der Waals surface area contributed by atoms with Gasteiger partial charge in [-0.3, -0.25) is 4.79 Å². The van der Waals surface area contributed by atoms with E-state index in [1.165, 1.54) is 18.6 Å². The zero-order chi connectivity index (χ0) is 14.2. The number of piperidine rings is 1. The van der Waals surface area contributed by atoms with Gasteiger partial charge in [-0.25, -0.2) is 4.39 Å². The molecule has 2 fully saturated rings. The van der Waals surface area contributed by atoms with Crippen molar-refractivity contribution in [3.8, 4) is 0 Å². The van der Waals surface area contributed by atoms with Gasteiger partial charge in [-0.2, -0.15) is 0 Å². The van der Waals surface area contributed by atoms with E-state index in [1.807, 2.05) is 0 Å². The molecule has 1 amide bonds. The lowest BCUT2D eigenvalue weighted by Crippen LogP contribution is -2.44. The monoisotopic (exact) mass is 296 g/mol. The van der Waals surface area contributed by atoms with Crippen molar-refractivity contribution >= 4 is 17.5 Å². The van der Waals surface area contributed by atoms with Crippen molar-refractivity contribution in [1.29, 1.82) is 0 Å². The molecular weight excluding hydrogens is 279 g/mol. The van der Waals surface area contributed by atoms with Gasteiger partial charge in [-0.05, 0) is 43.4 Å². The second-order valence-electron chi connectivity index (χ2n) is 5.82. The van der Waals surface area contributed by atoms with E-state index in [1.54, 1.807) is 11.0 Å². The molecule has 2 saturated heterocycles. The van der Waals surface area contributed by atoms with Crippen molar-refractivity contribution < 1.29 is 9.18 Å². The van der Waals surface area contributed by atoms with E-state index in [0.29, 0.717) is 18.5 Å². The average Bonchev–Trinajstić information content (AvgIpc) is 2.87. The van der Waals surface area contributed by atoms with Gasteiger partial charge in [-0.15, -0.1) is 0 Å². The van der Waals surface area contributed by atoms with Crippen molar-refractivity contribution in [3.63, 3.8) is 0 Å². The first kappa shape index (κ1) is 13.8. The SMILES string of the molecule is O=C(c1c(F)cccc1Cl)N1CCC2(CCNC2)CC1. The van der Waals surface area contributed by atoms with E-state index in [-0.39, 0.29) is 16.5 Å². The number of rotatable bonds is 1. The molecule has 1 aromatic rings. The van der Waals surface area contributed by atoms with Crippen molar-refractivity contribution in [2.75, 3.05) is 26.2 Å². The van der Waals surface area contributed by atoms with E-state index in [9.17, 15) is 9.18 Å². The molecule has 20 heavy (non-hydrogen) atoms. The van der Waals surface area contributed by atoms with Crippen LogP contribution in [0.3, 0.4) is 0 Å². The van der Waals surface area contributed by atoms with Crippen LogP contribution < -0.4 is 5.32 Å². The van der Waals surface area contributed by atoms with Gasteiger partial charge in [0.1, 0.15) is 5.82 Å². The van der Waals surface area contributed by atoms with Crippen LogP contribution in [0, 0.1) is 11.2 Å². The highest BCUT2D eigenvalue weighted by Crippen LogP contribution is 2.37. The number of benzene rings is 1. The molecule has 0 bridgehead atoms. The first-order valence-electron chi connectivity index (χ1n) is 7.05. The molecule has 5 heteroatoms. The summed E-state index contributed by atoms with van der Waals surface area (Å²) < 4.78 is 13.8. The quantitative estimate of drug-likeness (QED) is 0.864. The van der Waals surface area contributed by atoms with Gasteiger partial charge in [0.25, 0.3) is 5.91 Å². The van der Waals surface area contributed by atoms with Crippen LogP contribution in [0.5, 0.6) is 0 Å². The standard InChI is InChI=1S/C15H18ClFN2O/c16-11-2-1-3-12(17)13(11)14(20)19-8-5-15(6-9-19)4-7-18-10-15/h1-3,18H,4-10H2. The first-order chi connectivity index (χ1) is 9.61. The minimum atomic E-state index is -0.537. The normalized spacial score (nSPS) is 21.4. The van der Waals surface area contributed by atoms with Crippen LogP contribution in [0.4, 0.5) is 4.39 Å². The molecule has 108 valence electrons. The maximum absolute atomic E-state index is 13.8. The van der Waals surface area contributed by atoms with Crippen LogP contribution >= 0.6 is 11.6 Å². The number of amides is 1. The molecule has 0 saturated carbocycles. The molecule has 0 radical (unpaired) electrons. The summed E-state index contributed by atoms with van der Waals surface area (Å²) in [4.78, 5) is 14.2. The van der Waals surface area contributed by atoms with E-state index in [4.69, 9.17) is 11.6 Å². The Morgan fingerprint density at radius 1 is 1.30 bits per heavy atom. The predicted octanol–water partition coefficient (Wildman–Crippen LogP) is 2.69. The van der Waals surface area contributed by atoms with Crippen LogP contribution in [0.15, 0.2) is 18.2 Å². The highest BCUT2D eigenvalue weighted by Gasteiger charge is 2.38. The number of nitrogens with one attached hydrogen (secondary N) is 1. The lowest BCUT2D eigenvalue weighted by atomic mass is 9.78. The Kier molecular flexibility index (Phi) is 3.69. The molecule has 1 spiro atoms. The number of halogens is 2. The Bertz CT molecular complexity index is 498. The zero-order valence-corrected chi connectivity index (χ0v) is 12.0. The van der Waals surface area contributed by atoms with Crippen LogP contribution in [-0.2, 0) is 0 Å². The average molecular weight is 297 g/mol. The molecule has 0 aliphatic carbocycles. The summed E-state index contributed by atoms with van der Waals surface area (Å²) in [7, 11) is 0. The van der Waals surface area contributed by atoms with Crippen molar-refractivity contribution in [2.24, 2.45) is 5.41 Å². The molecule has 1 N–H and O–H groups in total. The molecule has 2 aliphatic rings. The summed E-state index contributed by atoms with van der Waals surface area (Å²) >= 11 is 5.97. The summed E-state index contributed by atoms with van der Waals surface area (Å²) in [5.41, 5.74) is 0.352. The van der Waals surface area contributed by atoms with Gasteiger partial charge in [0.2, 0.25) is 0 Å². The Morgan fingerprint density at radius 2 is 2.05 bits per heavy atom. The van der Waals surface area contributed by atoms with Crippen LogP contribution in [0.1, 0.15) is 29.6 Å². The highest BCUT2D eigenvalue weighted by molar-refractivity contribution is 6.33. The Hall–Kier alpha value is -1.13. The maximum Gasteiger partial charge on any atom is 0.258 e. The molecule has 3 rings (SSSR count). The van der Waals surface area contributed by atoms with Crippen LogP contribution in [0.2, 0.25) is 5.02 Å². The fourth-order valence-electron chi connectivity index (χ4n) is 3.27. The number of hydrogen-bond donors (Lipinski definition) is 1. The molecule has 2 aliphatic heterocycles. The van der Waals surface area contributed by atoms with E-state index in [0.717, 1.165) is 25.9 Å². The number of hydrogen-bond acceptors (Lipinski definition) is 2. The van der Waals surface area contributed by atoms with Gasteiger partial charge < -0.3 is 10.2 Å². The molecule has 2 heterocycles. The third-order valence-electron chi connectivity index (χ3n) is 4.62. The lowest BCUT2D eigenvalue weighted by Gasteiger charge is -2.39. The molecular formula is C15H18ClFN2O. The van der Waals surface area contributed by atoms with Crippen LogP contribution in [-0.4, -0.2) is 37.0 Å². The summed E-state index contributed by atoms with van der Waals surface area (Å²) in [5, 5.41) is 3.58. The molecule has 0 aromatic heterocycles. The van der Waals surface area contributed by atoms with E-state index < -0.39 is 5.82 Å². The fraction of sp³-hybridized carbons (Fsp3) is 0.533. The maximum atomic E-state index is 13.8. The van der Waals surface area contributed by atoms with Gasteiger partial charge in [0, 0.05) is 19.6 Å². The summed E-state index contributed by atoms with van der Waals surface area (Å²) in [6.45, 7) is 3.47. The molecule has 3 nitrogen and oxygen atoms in total. The minimum absolute atomic E-state index is 0.00895. The fourth-order valence-corrected chi connectivity index (χ4v) is 3.51. The number of carbonyl (C=O) groups excluding carboxylic acids is 1. The number of nitrogens with zero attached hydrogens (tertiary/aromatic N) is 1. The van der Waals surface area contributed by atoms with Crippen molar-refractivity contribution in [1.82, 2.24) is 10.2 Å². The Morgan fingerprint density at radius 3 is 2.65 bits per heavy atom. The molecule has 1 aromatic carbocycles. The topological polar surface area (TPSA) is 32.3 Å². The van der Waals surface area contributed by atoms with Gasteiger partial charge in [0.15, 0.2) is 0 Å². The Labute approximate surface area is 123 Å². The van der Waals surface area contributed by atoms with Gasteiger partial charge >= 0.3 is 0 Å². The Balaban J connectivity index is 1.73. The second kappa shape index (κ2) is 5.34. The smallest absolute Gasteiger partial charge is 0.258 e. The predicted molar refractivity (Wildman–Crippen MR) is 76.5 cm³/mol. The number of carbonyl (C=O) groups is 1. The van der Waals surface area contributed by atoms with Gasteiger partial charge in [-0.1, -0.05) is 17.7 Å². The molecule has 0 atom stereocenters.